The number of alkyl halides is 3. The van der Waals surface area contributed by atoms with Crippen molar-refractivity contribution in [3.05, 3.63) is 42.0 Å². The lowest BCUT2D eigenvalue weighted by Gasteiger charge is -2.13. The van der Waals surface area contributed by atoms with Crippen LogP contribution in [0.15, 0.2) is 36.4 Å². The summed E-state index contributed by atoms with van der Waals surface area (Å²) in [5.74, 6) is 0.282. The molecule has 2 rings (SSSR count). The molecule has 1 heterocycles. The van der Waals surface area contributed by atoms with Gasteiger partial charge in [0.1, 0.15) is 17.4 Å². The van der Waals surface area contributed by atoms with Crippen LogP contribution in [0.1, 0.15) is 5.56 Å². The van der Waals surface area contributed by atoms with E-state index in [2.05, 4.69) is 10.3 Å². The van der Waals surface area contributed by atoms with E-state index in [9.17, 15) is 13.2 Å². The Labute approximate surface area is 113 Å². The predicted octanol–water partition coefficient (Wildman–Crippen LogP) is 3.43. The molecule has 0 fully saturated rings. The first kappa shape index (κ1) is 14.0. The van der Waals surface area contributed by atoms with Crippen LogP contribution in [-0.4, -0.2) is 12.1 Å². The first-order valence-corrected chi connectivity index (χ1v) is 5.65. The first-order valence-electron chi connectivity index (χ1n) is 5.65. The fourth-order valence-electron chi connectivity index (χ4n) is 1.67. The summed E-state index contributed by atoms with van der Waals surface area (Å²) in [6, 6.07) is 8.49. The zero-order valence-electron chi connectivity index (χ0n) is 10.5. The molecule has 1 aromatic carbocycles. The van der Waals surface area contributed by atoms with Gasteiger partial charge in [0.05, 0.1) is 18.4 Å². The molecule has 0 unspecified atom stereocenters. The first-order chi connectivity index (χ1) is 9.40. The minimum Gasteiger partial charge on any atom is -0.495 e. The molecule has 0 saturated carbocycles. The second kappa shape index (κ2) is 5.28. The molecular formula is C13H12F3N3O. The zero-order valence-corrected chi connectivity index (χ0v) is 10.5. The number of nitrogens with zero attached hydrogens (tertiary/aromatic N) is 1. The van der Waals surface area contributed by atoms with Crippen LogP contribution in [0.2, 0.25) is 0 Å². The van der Waals surface area contributed by atoms with Crippen LogP contribution in [0.25, 0.3) is 0 Å². The number of pyridine rings is 1. The van der Waals surface area contributed by atoms with Crippen LogP contribution in [0.5, 0.6) is 5.75 Å². The molecule has 0 radical (unpaired) electrons. The van der Waals surface area contributed by atoms with Gasteiger partial charge in [-0.2, -0.15) is 13.2 Å². The summed E-state index contributed by atoms with van der Waals surface area (Å²) in [6.07, 6.45) is -4.48. The molecule has 3 N–H and O–H groups in total. The normalized spacial score (nSPS) is 11.2. The van der Waals surface area contributed by atoms with Gasteiger partial charge in [0.15, 0.2) is 0 Å². The van der Waals surface area contributed by atoms with Crippen molar-refractivity contribution >= 4 is 17.3 Å². The van der Waals surface area contributed by atoms with E-state index in [-0.39, 0.29) is 11.6 Å². The number of methoxy groups -OCH3 is 1. The molecule has 106 valence electrons. The van der Waals surface area contributed by atoms with Crippen molar-refractivity contribution in [2.75, 3.05) is 18.2 Å². The highest BCUT2D eigenvalue weighted by atomic mass is 19.4. The molecule has 0 aliphatic rings. The number of nitrogen functional groups attached to an aromatic ring is 1. The van der Waals surface area contributed by atoms with Crippen molar-refractivity contribution in [3.8, 4) is 5.75 Å². The summed E-state index contributed by atoms with van der Waals surface area (Å²) in [5, 5.41) is 2.76. The van der Waals surface area contributed by atoms with Crippen molar-refractivity contribution in [3.63, 3.8) is 0 Å². The Bertz CT molecular complexity index is 614. The smallest absolute Gasteiger partial charge is 0.416 e. The van der Waals surface area contributed by atoms with Gasteiger partial charge in [0.25, 0.3) is 0 Å². The summed E-state index contributed by atoms with van der Waals surface area (Å²) in [4.78, 5) is 3.83. The molecule has 0 aliphatic carbocycles. The van der Waals surface area contributed by atoms with Gasteiger partial charge >= 0.3 is 6.18 Å². The lowest BCUT2D eigenvalue weighted by atomic mass is 10.2. The van der Waals surface area contributed by atoms with Crippen LogP contribution in [0.4, 0.5) is 30.5 Å². The second-order valence-electron chi connectivity index (χ2n) is 3.99. The van der Waals surface area contributed by atoms with Gasteiger partial charge in [0.2, 0.25) is 0 Å². The number of para-hydroxylation sites is 2. The SMILES string of the molecule is COc1ccccc1Nc1cc(C(F)(F)F)cc(N)n1. The third-order valence-electron chi connectivity index (χ3n) is 2.54. The maximum Gasteiger partial charge on any atom is 0.416 e. The molecule has 20 heavy (non-hydrogen) atoms. The van der Waals surface area contributed by atoms with Crippen LogP contribution < -0.4 is 15.8 Å². The summed E-state index contributed by atoms with van der Waals surface area (Å²) in [7, 11) is 1.47. The third kappa shape index (κ3) is 3.11. The Morgan fingerprint density at radius 2 is 1.90 bits per heavy atom. The van der Waals surface area contributed by atoms with Gasteiger partial charge in [-0.25, -0.2) is 4.98 Å². The number of nitrogens with one attached hydrogen (secondary N) is 1. The lowest BCUT2D eigenvalue weighted by molar-refractivity contribution is -0.137. The number of benzene rings is 1. The number of rotatable bonds is 3. The molecule has 0 spiro atoms. The summed E-state index contributed by atoms with van der Waals surface area (Å²) >= 11 is 0. The third-order valence-corrected chi connectivity index (χ3v) is 2.54. The number of hydrogen-bond donors (Lipinski definition) is 2. The number of hydrogen-bond acceptors (Lipinski definition) is 4. The fraction of sp³-hybridized carbons (Fsp3) is 0.154. The van der Waals surface area contributed by atoms with Crippen LogP contribution in [0.3, 0.4) is 0 Å². The monoisotopic (exact) mass is 283 g/mol. The van der Waals surface area contributed by atoms with E-state index in [4.69, 9.17) is 10.5 Å². The summed E-state index contributed by atoms with van der Waals surface area (Å²) < 4.78 is 43.2. The van der Waals surface area contributed by atoms with Gasteiger partial charge in [0, 0.05) is 0 Å². The van der Waals surface area contributed by atoms with E-state index < -0.39 is 11.7 Å². The predicted molar refractivity (Wildman–Crippen MR) is 69.9 cm³/mol. The quantitative estimate of drug-likeness (QED) is 0.906. The average molecular weight is 283 g/mol. The molecule has 1 aromatic heterocycles. The maximum absolute atomic E-state index is 12.7. The van der Waals surface area contributed by atoms with Gasteiger partial charge in [-0.3, -0.25) is 0 Å². The highest BCUT2D eigenvalue weighted by Crippen LogP contribution is 2.33. The molecule has 0 atom stereocenters. The van der Waals surface area contributed by atoms with Crippen molar-refractivity contribution in [2.45, 2.75) is 6.18 Å². The van der Waals surface area contributed by atoms with Crippen LogP contribution in [-0.2, 0) is 6.18 Å². The molecule has 4 nitrogen and oxygen atoms in total. The van der Waals surface area contributed by atoms with E-state index in [0.717, 1.165) is 12.1 Å². The lowest BCUT2D eigenvalue weighted by Crippen LogP contribution is -2.08. The van der Waals surface area contributed by atoms with Crippen molar-refractivity contribution in [2.24, 2.45) is 0 Å². The van der Waals surface area contributed by atoms with Gasteiger partial charge in [-0.1, -0.05) is 12.1 Å². The maximum atomic E-state index is 12.7. The van der Waals surface area contributed by atoms with E-state index >= 15 is 0 Å². The number of halogens is 3. The van der Waals surface area contributed by atoms with E-state index in [1.807, 2.05) is 0 Å². The molecule has 7 heteroatoms. The Morgan fingerprint density at radius 1 is 1.20 bits per heavy atom. The van der Waals surface area contributed by atoms with Gasteiger partial charge < -0.3 is 15.8 Å². The van der Waals surface area contributed by atoms with E-state index in [1.54, 1.807) is 24.3 Å². The Balaban J connectivity index is 2.36. The molecule has 2 aromatic rings. The van der Waals surface area contributed by atoms with E-state index in [0.29, 0.717) is 11.4 Å². The standard InChI is InChI=1S/C13H12F3N3O/c1-20-10-5-3-2-4-9(10)18-12-7-8(13(14,15)16)6-11(17)19-12/h2-7H,1H3,(H3,17,18,19). The summed E-state index contributed by atoms with van der Waals surface area (Å²) in [5.41, 5.74) is 5.04. The Morgan fingerprint density at radius 3 is 2.55 bits per heavy atom. The van der Waals surface area contributed by atoms with Crippen molar-refractivity contribution in [1.82, 2.24) is 4.98 Å². The molecule has 0 saturated heterocycles. The highest BCUT2D eigenvalue weighted by molar-refractivity contribution is 5.65. The largest absolute Gasteiger partial charge is 0.495 e. The molecule has 0 aliphatic heterocycles. The minimum atomic E-state index is -4.48. The number of ether oxygens (including phenoxy) is 1. The minimum absolute atomic E-state index is 0.00169. The Kier molecular flexibility index (Phi) is 3.69. The molecule has 0 bridgehead atoms. The second-order valence-corrected chi connectivity index (χ2v) is 3.99. The fourth-order valence-corrected chi connectivity index (χ4v) is 1.67. The number of nitrogens with two attached hydrogens (primary N) is 1. The van der Waals surface area contributed by atoms with E-state index in [1.165, 1.54) is 7.11 Å². The van der Waals surface area contributed by atoms with Gasteiger partial charge in [-0.05, 0) is 24.3 Å². The zero-order chi connectivity index (χ0) is 14.8. The summed E-state index contributed by atoms with van der Waals surface area (Å²) in [6.45, 7) is 0. The van der Waals surface area contributed by atoms with Crippen molar-refractivity contribution in [1.29, 1.82) is 0 Å². The molecule has 0 amide bonds. The highest BCUT2D eigenvalue weighted by Gasteiger charge is 2.31. The topological polar surface area (TPSA) is 60.2 Å². The van der Waals surface area contributed by atoms with Crippen LogP contribution >= 0.6 is 0 Å². The molecular weight excluding hydrogens is 271 g/mol. The van der Waals surface area contributed by atoms with Gasteiger partial charge in [-0.15, -0.1) is 0 Å². The van der Waals surface area contributed by atoms with Crippen molar-refractivity contribution < 1.29 is 17.9 Å². The Hall–Kier alpha value is -2.44. The number of aromatic nitrogens is 1. The number of anilines is 3. The van der Waals surface area contributed by atoms with Crippen LogP contribution in [0, 0.1) is 0 Å². The average Bonchev–Trinajstić information content (AvgIpc) is 2.37.